The highest BCUT2D eigenvalue weighted by molar-refractivity contribution is 5.86. The molecule has 0 aliphatic rings. The quantitative estimate of drug-likeness (QED) is 0.738. The summed E-state index contributed by atoms with van der Waals surface area (Å²) in [7, 11) is 2.31. The van der Waals surface area contributed by atoms with Gasteiger partial charge in [0.2, 0.25) is 5.91 Å². The summed E-state index contributed by atoms with van der Waals surface area (Å²) in [5, 5.41) is 2.38. The molecule has 2 atom stereocenters. The molecule has 0 bridgehead atoms. The van der Waals surface area contributed by atoms with Gasteiger partial charge < -0.3 is 14.8 Å². The average molecular weight is 375 g/mol. The SMILES string of the molecule is COC(=O)[C@@H](C)C[C@@H](NC(=O)Cc1cccc(C(F)(F)F)c1)C(=O)OC. The number of alkyl halides is 3. The monoisotopic (exact) mass is 375 g/mol. The standard InChI is InChI=1S/C17H20F3NO5/c1-10(15(23)25-2)7-13(16(24)26-3)21-14(22)9-11-5-4-6-12(8-11)17(18,19)20/h4-6,8,10,13H,7,9H2,1-3H3,(H,21,22)/t10-,13+/m0/s1. The zero-order valence-corrected chi connectivity index (χ0v) is 14.6. The van der Waals surface area contributed by atoms with Gasteiger partial charge in [-0.25, -0.2) is 4.79 Å². The van der Waals surface area contributed by atoms with Crippen molar-refractivity contribution >= 4 is 17.8 Å². The van der Waals surface area contributed by atoms with Crippen molar-refractivity contribution in [3.8, 4) is 0 Å². The minimum absolute atomic E-state index is 0.0618. The summed E-state index contributed by atoms with van der Waals surface area (Å²) in [6, 6.07) is 3.22. The van der Waals surface area contributed by atoms with Gasteiger partial charge in [-0.1, -0.05) is 25.1 Å². The maximum absolute atomic E-state index is 12.7. The van der Waals surface area contributed by atoms with E-state index in [-0.39, 0.29) is 18.4 Å². The lowest BCUT2D eigenvalue weighted by Crippen LogP contribution is -2.44. The van der Waals surface area contributed by atoms with E-state index in [1.54, 1.807) is 0 Å². The van der Waals surface area contributed by atoms with E-state index >= 15 is 0 Å². The first kappa shape index (κ1) is 21.5. The fraction of sp³-hybridized carbons (Fsp3) is 0.471. The van der Waals surface area contributed by atoms with E-state index in [2.05, 4.69) is 14.8 Å². The van der Waals surface area contributed by atoms with Crippen molar-refractivity contribution in [3.05, 3.63) is 35.4 Å². The molecule has 0 heterocycles. The van der Waals surface area contributed by atoms with Crippen LogP contribution in [0.1, 0.15) is 24.5 Å². The number of rotatable bonds is 7. The third-order valence-corrected chi connectivity index (χ3v) is 3.63. The molecule has 1 N–H and O–H groups in total. The molecular weight excluding hydrogens is 355 g/mol. The molecule has 9 heteroatoms. The van der Waals surface area contributed by atoms with Crippen LogP contribution in [0, 0.1) is 5.92 Å². The van der Waals surface area contributed by atoms with Crippen LogP contribution in [0.3, 0.4) is 0 Å². The van der Waals surface area contributed by atoms with E-state index < -0.39 is 41.5 Å². The van der Waals surface area contributed by atoms with Crippen molar-refractivity contribution in [1.29, 1.82) is 0 Å². The summed E-state index contributed by atoms with van der Waals surface area (Å²) < 4.78 is 47.3. The summed E-state index contributed by atoms with van der Waals surface area (Å²) in [4.78, 5) is 35.4. The Morgan fingerprint density at radius 3 is 2.27 bits per heavy atom. The van der Waals surface area contributed by atoms with Gasteiger partial charge in [0.15, 0.2) is 0 Å². The maximum atomic E-state index is 12.7. The summed E-state index contributed by atoms with van der Waals surface area (Å²) in [6.45, 7) is 1.51. The van der Waals surface area contributed by atoms with Crippen LogP contribution in [0.25, 0.3) is 0 Å². The highest BCUT2D eigenvalue weighted by atomic mass is 19.4. The Bertz CT molecular complexity index is 660. The molecule has 0 fully saturated rings. The Balaban J connectivity index is 2.81. The fourth-order valence-corrected chi connectivity index (χ4v) is 2.30. The molecule has 0 unspecified atom stereocenters. The lowest BCUT2D eigenvalue weighted by Gasteiger charge is -2.19. The van der Waals surface area contributed by atoms with E-state index in [0.717, 1.165) is 19.2 Å². The summed E-state index contributed by atoms with van der Waals surface area (Å²) in [6.07, 6.45) is -4.94. The van der Waals surface area contributed by atoms with Crippen molar-refractivity contribution in [1.82, 2.24) is 5.32 Å². The van der Waals surface area contributed by atoms with Crippen molar-refractivity contribution in [2.75, 3.05) is 14.2 Å². The highest BCUT2D eigenvalue weighted by Gasteiger charge is 2.31. The van der Waals surface area contributed by atoms with Gasteiger partial charge in [-0.05, 0) is 18.1 Å². The molecule has 1 rings (SSSR count). The lowest BCUT2D eigenvalue weighted by molar-refractivity contribution is -0.148. The van der Waals surface area contributed by atoms with Crippen LogP contribution in [0.2, 0.25) is 0 Å². The number of hydrogen-bond acceptors (Lipinski definition) is 5. The number of amides is 1. The Morgan fingerprint density at radius 1 is 1.12 bits per heavy atom. The average Bonchev–Trinajstić information content (AvgIpc) is 2.58. The fourth-order valence-electron chi connectivity index (χ4n) is 2.30. The van der Waals surface area contributed by atoms with Crippen molar-refractivity contribution in [2.45, 2.75) is 32.0 Å². The molecule has 0 radical (unpaired) electrons. The molecule has 0 aromatic heterocycles. The zero-order chi connectivity index (χ0) is 19.9. The second kappa shape index (κ2) is 9.21. The molecule has 1 amide bonds. The van der Waals surface area contributed by atoms with Gasteiger partial charge in [-0.3, -0.25) is 9.59 Å². The predicted molar refractivity (Wildman–Crippen MR) is 84.9 cm³/mol. The number of halogens is 3. The van der Waals surface area contributed by atoms with Crippen molar-refractivity contribution in [2.24, 2.45) is 5.92 Å². The molecule has 0 aliphatic carbocycles. The molecule has 144 valence electrons. The highest BCUT2D eigenvalue weighted by Crippen LogP contribution is 2.29. The van der Waals surface area contributed by atoms with Crippen LogP contribution in [0.5, 0.6) is 0 Å². The van der Waals surface area contributed by atoms with Crippen molar-refractivity contribution < 1.29 is 37.0 Å². The summed E-state index contributed by atoms with van der Waals surface area (Å²) in [5.41, 5.74) is -0.728. The molecule has 0 saturated heterocycles. The number of carbonyl (C=O) groups excluding carboxylic acids is 3. The van der Waals surface area contributed by atoms with Crippen LogP contribution in [-0.2, 0) is 36.5 Å². The van der Waals surface area contributed by atoms with Crippen molar-refractivity contribution in [3.63, 3.8) is 0 Å². The molecule has 6 nitrogen and oxygen atoms in total. The van der Waals surface area contributed by atoms with Gasteiger partial charge in [0.1, 0.15) is 6.04 Å². The Kier molecular flexibility index (Phi) is 7.60. The van der Waals surface area contributed by atoms with Crippen LogP contribution in [0.15, 0.2) is 24.3 Å². The largest absolute Gasteiger partial charge is 0.469 e. The topological polar surface area (TPSA) is 81.7 Å². The van der Waals surface area contributed by atoms with E-state index in [9.17, 15) is 27.6 Å². The Morgan fingerprint density at radius 2 is 1.73 bits per heavy atom. The van der Waals surface area contributed by atoms with Gasteiger partial charge in [0.05, 0.1) is 32.1 Å². The van der Waals surface area contributed by atoms with E-state index in [1.807, 2.05) is 0 Å². The number of methoxy groups -OCH3 is 2. The summed E-state index contributed by atoms with van der Waals surface area (Å²) in [5.74, 6) is -2.68. The Hall–Kier alpha value is -2.58. The second-order valence-electron chi connectivity index (χ2n) is 5.68. The Labute approximate surface area is 148 Å². The molecular formula is C17H20F3NO5. The first-order chi connectivity index (χ1) is 12.1. The minimum atomic E-state index is -4.52. The number of carbonyl (C=O) groups is 3. The van der Waals surface area contributed by atoms with Gasteiger partial charge >= 0.3 is 18.1 Å². The van der Waals surface area contributed by atoms with Gasteiger partial charge in [-0.2, -0.15) is 13.2 Å². The third-order valence-electron chi connectivity index (χ3n) is 3.63. The maximum Gasteiger partial charge on any atom is 0.416 e. The first-order valence-corrected chi connectivity index (χ1v) is 7.69. The number of ether oxygens (including phenoxy) is 2. The molecule has 1 aromatic carbocycles. The predicted octanol–water partition coefficient (Wildman–Crippen LogP) is 2.10. The van der Waals surface area contributed by atoms with E-state index in [0.29, 0.717) is 0 Å². The molecule has 0 aliphatic heterocycles. The lowest BCUT2D eigenvalue weighted by atomic mass is 10.0. The molecule has 0 saturated carbocycles. The third kappa shape index (κ3) is 6.38. The number of nitrogens with one attached hydrogen (secondary N) is 1. The van der Waals surface area contributed by atoms with Crippen LogP contribution in [0.4, 0.5) is 13.2 Å². The van der Waals surface area contributed by atoms with E-state index in [4.69, 9.17) is 0 Å². The molecule has 0 spiro atoms. The molecule has 26 heavy (non-hydrogen) atoms. The van der Waals surface area contributed by atoms with Gasteiger partial charge in [-0.15, -0.1) is 0 Å². The number of benzene rings is 1. The second-order valence-corrected chi connectivity index (χ2v) is 5.68. The minimum Gasteiger partial charge on any atom is -0.469 e. The smallest absolute Gasteiger partial charge is 0.416 e. The van der Waals surface area contributed by atoms with Gasteiger partial charge in [0, 0.05) is 0 Å². The first-order valence-electron chi connectivity index (χ1n) is 7.69. The molecule has 1 aromatic rings. The van der Waals surface area contributed by atoms with E-state index in [1.165, 1.54) is 26.2 Å². The normalized spacial score (nSPS) is 13.5. The van der Waals surface area contributed by atoms with Crippen LogP contribution >= 0.6 is 0 Å². The zero-order valence-electron chi connectivity index (χ0n) is 14.6. The number of esters is 2. The van der Waals surface area contributed by atoms with Crippen LogP contribution in [-0.4, -0.2) is 38.1 Å². The van der Waals surface area contributed by atoms with Crippen LogP contribution < -0.4 is 5.32 Å². The summed E-state index contributed by atoms with van der Waals surface area (Å²) >= 11 is 0. The number of hydrogen-bond donors (Lipinski definition) is 1. The van der Waals surface area contributed by atoms with Gasteiger partial charge in [0.25, 0.3) is 0 Å².